The molecule has 6 rings (SSSR count). The summed E-state index contributed by atoms with van der Waals surface area (Å²) in [6, 6.07) is 3.61. The molecule has 10 nitrogen and oxygen atoms in total. The molecule has 0 bridgehead atoms. The maximum absolute atomic E-state index is 14.7. The Morgan fingerprint density at radius 3 is 2.66 bits per heavy atom. The lowest BCUT2D eigenvalue weighted by molar-refractivity contribution is 0.00706. The molecule has 2 aliphatic heterocycles. The SMILES string of the molecule is CC1(NC(=O)c2cc(F)c(COc3nc4nc(O[C@@H]5COC6[C@H](O)CO[C@@H]65)[nH]c4cc3Cl)c(F)c2)CCC1. The molecule has 2 saturated heterocycles. The molecule has 0 spiro atoms. The predicted molar refractivity (Wildman–Crippen MR) is 129 cm³/mol. The first-order valence-corrected chi connectivity index (χ1v) is 12.6. The Balaban J connectivity index is 1.14. The van der Waals surface area contributed by atoms with Crippen molar-refractivity contribution in [1.82, 2.24) is 20.3 Å². The lowest BCUT2D eigenvalue weighted by atomic mass is 9.78. The summed E-state index contributed by atoms with van der Waals surface area (Å²) in [5.74, 6) is -2.45. The molecule has 4 heterocycles. The Kier molecular flexibility index (Phi) is 6.37. The van der Waals surface area contributed by atoms with Gasteiger partial charge in [0.15, 0.2) is 11.8 Å². The van der Waals surface area contributed by atoms with E-state index in [0.717, 1.165) is 31.4 Å². The number of fused-ring (bicyclic) bond motifs is 2. The molecule has 38 heavy (non-hydrogen) atoms. The number of pyridine rings is 1. The Morgan fingerprint density at radius 1 is 1.21 bits per heavy atom. The van der Waals surface area contributed by atoms with E-state index >= 15 is 0 Å². The van der Waals surface area contributed by atoms with Crippen molar-refractivity contribution in [3.8, 4) is 11.9 Å². The number of rotatable bonds is 7. The van der Waals surface area contributed by atoms with Crippen LogP contribution in [0.1, 0.15) is 42.1 Å². The minimum absolute atomic E-state index is 0.0812. The zero-order chi connectivity index (χ0) is 26.6. The number of aromatic nitrogens is 3. The average Bonchev–Trinajstić information content (AvgIpc) is 3.54. The Hall–Kier alpha value is -3.06. The summed E-state index contributed by atoms with van der Waals surface area (Å²) < 4.78 is 52.0. The molecule has 3 aromatic rings. The van der Waals surface area contributed by atoms with Gasteiger partial charge >= 0.3 is 0 Å². The van der Waals surface area contributed by atoms with Gasteiger partial charge in [0.05, 0.1) is 24.3 Å². The number of carbonyl (C=O) groups excluding carboxylic acids is 1. The third-order valence-corrected chi connectivity index (χ3v) is 7.52. The van der Waals surface area contributed by atoms with Crippen LogP contribution in [0.2, 0.25) is 5.02 Å². The topological polar surface area (TPSA) is 128 Å². The van der Waals surface area contributed by atoms with Crippen molar-refractivity contribution in [1.29, 1.82) is 0 Å². The van der Waals surface area contributed by atoms with E-state index < -0.39 is 48.6 Å². The van der Waals surface area contributed by atoms with Crippen LogP contribution in [0, 0.1) is 11.6 Å². The lowest BCUT2D eigenvalue weighted by Gasteiger charge is -2.39. The summed E-state index contributed by atoms with van der Waals surface area (Å²) in [4.78, 5) is 23.9. The third-order valence-electron chi connectivity index (χ3n) is 7.25. The van der Waals surface area contributed by atoms with Crippen LogP contribution in [0.3, 0.4) is 0 Å². The van der Waals surface area contributed by atoms with Crippen LogP contribution in [0.4, 0.5) is 8.78 Å². The Labute approximate surface area is 220 Å². The molecule has 1 aromatic carbocycles. The van der Waals surface area contributed by atoms with Crippen molar-refractivity contribution in [2.75, 3.05) is 13.2 Å². The highest BCUT2D eigenvalue weighted by molar-refractivity contribution is 6.32. The number of nitrogens with zero attached hydrogens (tertiary/aromatic N) is 2. The molecule has 1 saturated carbocycles. The monoisotopic (exact) mass is 550 g/mol. The van der Waals surface area contributed by atoms with E-state index in [1.807, 2.05) is 6.92 Å². The summed E-state index contributed by atoms with van der Waals surface area (Å²) in [5, 5.41) is 12.8. The van der Waals surface area contributed by atoms with E-state index in [-0.39, 0.29) is 52.4 Å². The largest absolute Gasteiger partial charge is 0.471 e. The number of aliphatic hydroxyl groups excluding tert-OH is 1. The zero-order valence-corrected chi connectivity index (χ0v) is 21.1. The van der Waals surface area contributed by atoms with Crippen LogP contribution in [-0.2, 0) is 16.1 Å². The van der Waals surface area contributed by atoms with Gasteiger partial charge in [-0.2, -0.15) is 9.97 Å². The van der Waals surface area contributed by atoms with Crippen LogP contribution in [0.15, 0.2) is 18.2 Å². The van der Waals surface area contributed by atoms with Gasteiger partial charge in [-0.15, -0.1) is 0 Å². The van der Waals surface area contributed by atoms with E-state index in [2.05, 4.69) is 20.3 Å². The molecule has 2 aromatic heterocycles. The molecule has 3 N–H and O–H groups in total. The van der Waals surface area contributed by atoms with E-state index in [0.29, 0.717) is 5.52 Å². The lowest BCUT2D eigenvalue weighted by Crippen LogP contribution is -2.50. The number of imidazole rings is 1. The summed E-state index contributed by atoms with van der Waals surface area (Å²) in [5.41, 5.74) is -0.151. The second kappa shape index (κ2) is 9.60. The number of carbonyl (C=O) groups is 1. The first-order chi connectivity index (χ1) is 18.2. The number of halogens is 3. The normalized spacial score (nSPS) is 25.7. The van der Waals surface area contributed by atoms with Gasteiger partial charge < -0.3 is 34.4 Å². The predicted octanol–water partition coefficient (Wildman–Crippen LogP) is 3.05. The second-order valence-corrected chi connectivity index (χ2v) is 10.5. The van der Waals surface area contributed by atoms with Crippen molar-refractivity contribution in [2.45, 2.75) is 62.7 Å². The van der Waals surface area contributed by atoms with E-state index in [1.165, 1.54) is 6.07 Å². The third kappa shape index (κ3) is 4.66. The van der Waals surface area contributed by atoms with E-state index in [4.69, 9.17) is 30.5 Å². The number of H-pyrrole nitrogens is 1. The molecular formula is C25H25ClF2N4O6. The van der Waals surface area contributed by atoms with Crippen LogP contribution in [-0.4, -0.2) is 69.1 Å². The summed E-state index contributed by atoms with van der Waals surface area (Å²) in [7, 11) is 0. The van der Waals surface area contributed by atoms with Gasteiger partial charge in [-0.05, 0) is 44.4 Å². The van der Waals surface area contributed by atoms with Crippen LogP contribution in [0.25, 0.3) is 11.2 Å². The number of nitrogens with one attached hydrogen (secondary N) is 2. The molecule has 1 aliphatic carbocycles. The van der Waals surface area contributed by atoms with Crippen LogP contribution < -0.4 is 14.8 Å². The Morgan fingerprint density at radius 2 is 1.95 bits per heavy atom. The summed E-state index contributed by atoms with van der Waals surface area (Å²) >= 11 is 6.28. The fourth-order valence-corrected chi connectivity index (χ4v) is 5.12. The van der Waals surface area contributed by atoms with Gasteiger partial charge in [0.2, 0.25) is 5.88 Å². The van der Waals surface area contributed by atoms with Gasteiger partial charge in [0.1, 0.15) is 41.6 Å². The molecular weight excluding hydrogens is 526 g/mol. The summed E-state index contributed by atoms with van der Waals surface area (Å²) in [6.07, 6.45) is 0.600. The fraction of sp³-hybridized carbons (Fsp3) is 0.480. The van der Waals surface area contributed by atoms with Gasteiger partial charge in [0.25, 0.3) is 11.9 Å². The van der Waals surface area contributed by atoms with Gasteiger partial charge in [-0.1, -0.05) is 11.6 Å². The van der Waals surface area contributed by atoms with Gasteiger partial charge in [-0.3, -0.25) is 4.79 Å². The van der Waals surface area contributed by atoms with Gasteiger partial charge in [-0.25, -0.2) is 8.78 Å². The Bertz CT molecular complexity index is 1380. The fourth-order valence-electron chi connectivity index (χ4n) is 4.92. The first-order valence-electron chi connectivity index (χ1n) is 12.3. The minimum Gasteiger partial charge on any atom is -0.471 e. The van der Waals surface area contributed by atoms with Crippen molar-refractivity contribution in [2.24, 2.45) is 0 Å². The van der Waals surface area contributed by atoms with Crippen LogP contribution in [0.5, 0.6) is 11.9 Å². The number of amides is 1. The van der Waals surface area contributed by atoms with E-state index in [9.17, 15) is 18.7 Å². The molecule has 1 unspecified atom stereocenters. The van der Waals surface area contributed by atoms with Gasteiger partial charge in [0, 0.05) is 11.1 Å². The molecule has 4 atom stereocenters. The highest BCUT2D eigenvalue weighted by atomic mass is 35.5. The number of ether oxygens (including phenoxy) is 4. The average molecular weight is 551 g/mol. The molecule has 0 radical (unpaired) electrons. The number of benzene rings is 1. The highest BCUT2D eigenvalue weighted by Gasteiger charge is 2.48. The molecule has 3 fully saturated rings. The minimum atomic E-state index is -0.919. The number of hydrogen-bond donors (Lipinski definition) is 3. The van der Waals surface area contributed by atoms with Crippen molar-refractivity contribution in [3.05, 3.63) is 46.0 Å². The maximum Gasteiger partial charge on any atom is 0.296 e. The van der Waals surface area contributed by atoms with E-state index in [1.54, 1.807) is 0 Å². The molecule has 3 aliphatic rings. The smallest absolute Gasteiger partial charge is 0.296 e. The highest BCUT2D eigenvalue weighted by Crippen LogP contribution is 2.33. The number of hydrogen-bond acceptors (Lipinski definition) is 8. The number of aliphatic hydroxyl groups is 1. The quantitative estimate of drug-likeness (QED) is 0.409. The summed E-state index contributed by atoms with van der Waals surface area (Å²) in [6.45, 7) is 1.79. The maximum atomic E-state index is 14.7. The van der Waals surface area contributed by atoms with Crippen molar-refractivity contribution >= 4 is 28.7 Å². The first kappa shape index (κ1) is 25.2. The molecule has 13 heteroatoms. The van der Waals surface area contributed by atoms with Crippen molar-refractivity contribution < 1.29 is 37.6 Å². The molecule has 1 amide bonds. The molecule has 202 valence electrons. The second-order valence-electron chi connectivity index (χ2n) is 10.1. The van der Waals surface area contributed by atoms with Crippen LogP contribution >= 0.6 is 11.6 Å². The van der Waals surface area contributed by atoms with Crippen molar-refractivity contribution in [3.63, 3.8) is 0 Å². The standard InChI is InChI=1S/C25H25ClF2N4O6/c1-25(3-2-4-25)32-22(34)11-5-14(27)12(15(28)6-11)8-37-23-13(26)7-16-21(30-23)31-24(29-16)38-18-10-36-19-17(33)9-35-20(18)19/h5-7,17-20,33H,2-4,8-10H2,1H3,(H,32,34)(H,29,30,31)/t17-,18-,19?,20-/m1/s1. The zero-order valence-electron chi connectivity index (χ0n) is 20.3. The number of aromatic amines is 1.